The van der Waals surface area contributed by atoms with Crippen molar-refractivity contribution < 1.29 is 9.53 Å². The molecule has 19 heavy (non-hydrogen) atoms. The van der Waals surface area contributed by atoms with Crippen LogP contribution in [0.15, 0.2) is 18.2 Å². The fourth-order valence-electron chi connectivity index (χ4n) is 2.64. The van der Waals surface area contributed by atoms with Crippen molar-refractivity contribution in [3.8, 4) is 0 Å². The highest BCUT2D eigenvalue weighted by Gasteiger charge is 2.27. The van der Waals surface area contributed by atoms with Gasteiger partial charge in [-0.25, -0.2) is 0 Å². The number of aryl methyl sites for hydroxylation is 2. The lowest BCUT2D eigenvalue weighted by atomic mass is 9.97. The van der Waals surface area contributed by atoms with Crippen LogP contribution in [0.1, 0.15) is 24.0 Å². The van der Waals surface area contributed by atoms with Crippen LogP contribution >= 0.6 is 0 Å². The van der Waals surface area contributed by atoms with Crippen LogP contribution in [-0.2, 0) is 16.0 Å². The first kappa shape index (κ1) is 14.0. The second kappa shape index (κ2) is 6.17. The lowest BCUT2D eigenvalue weighted by Crippen LogP contribution is -2.46. The molecule has 1 amide bonds. The number of nitrogens with zero attached hydrogens (tertiary/aromatic N) is 1. The minimum Gasteiger partial charge on any atom is -0.385 e. The van der Waals surface area contributed by atoms with Crippen LogP contribution in [0.25, 0.3) is 0 Å². The third-order valence-electron chi connectivity index (χ3n) is 3.64. The molecule has 1 heterocycles. The zero-order valence-corrected chi connectivity index (χ0v) is 11.7. The normalized spacial score (nSPS) is 16.1. The van der Waals surface area contributed by atoms with Gasteiger partial charge in [-0.3, -0.25) is 4.79 Å². The maximum Gasteiger partial charge on any atom is 0.243 e. The third-order valence-corrected chi connectivity index (χ3v) is 3.64. The molecule has 0 aromatic heterocycles. The monoisotopic (exact) mass is 262 g/mol. The largest absolute Gasteiger partial charge is 0.385 e. The molecule has 4 heteroatoms. The van der Waals surface area contributed by atoms with E-state index >= 15 is 0 Å². The van der Waals surface area contributed by atoms with Crippen molar-refractivity contribution in [2.24, 2.45) is 5.73 Å². The summed E-state index contributed by atoms with van der Waals surface area (Å²) in [5.74, 6) is 0.00676. The van der Waals surface area contributed by atoms with Crippen molar-refractivity contribution in [3.63, 3.8) is 0 Å². The summed E-state index contributed by atoms with van der Waals surface area (Å²) < 4.78 is 4.99. The number of amides is 1. The summed E-state index contributed by atoms with van der Waals surface area (Å²) in [6.07, 6.45) is 2.60. The van der Waals surface area contributed by atoms with Gasteiger partial charge in [-0.1, -0.05) is 18.2 Å². The van der Waals surface area contributed by atoms with Crippen LogP contribution in [0.3, 0.4) is 0 Å². The van der Waals surface area contributed by atoms with Gasteiger partial charge in [-0.2, -0.15) is 0 Å². The highest BCUT2D eigenvalue weighted by molar-refractivity contribution is 5.98. The Kier molecular flexibility index (Phi) is 4.56. The Morgan fingerprint density at radius 3 is 3.05 bits per heavy atom. The number of fused-ring (bicyclic) bond motifs is 1. The van der Waals surface area contributed by atoms with Crippen LogP contribution in [0.4, 0.5) is 5.69 Å². The van der Waals surface area contributed by atoms with Gasteiger partial charge in [-0.05, 0) is 37.3 Å². The van der Waals surface area contributed by atoms with Crippen LogP contribution in [0.2, 0.25) is 0 Å². The Labute approximate surface area is 114 Å². The van der Waals surface area contributed by atoms with E-state index in [1.165, 1.54) is 5.56 Å². The molecule has 4 nitrogen and oxygen atoms in total. The van der Waals surface area contributed by atoms with E-state index in [1.54, 1.807) is 7.11 Å². The molecule has 0 saturated carbocycles. The SMILES string of the molecule is COCCC(N)C(=O)N1CCCc2cccc(C)c21. The molecule has 0 aliphatic carbocycles. The summed E-state index contributed by atoms with van der Waals surface area (Å²) >= 11 is 0. The van der Waals surface area contributed by atoms with Crippen molar-refractivity contribution in [1.82, 2.24) is 0 Å². The maximum atomic E-state index is 12.5. The summed E-state index contributed by atoms with van der Waals surface area (Å²) in [6.45, 7) is 3.32. The summed E-state index contributed by atoms with van der Waals surface area (Å²) in [6, 6.07) is 5.71. The fourth-order valence-corrected chi connectivity index (χ4v) is 2.64. The number of hydrogen-bond donors (Lipinski definition) is 1. The van der Waals surface area contributed by atoms with Crippen LogP contribution in [0, 0.1) is 6.92 Å². The number of para-hydroxylation sites is 1. The number of methoxy groups -OCH3 is 1. The number of ether oxygens (including phenoxy) is 1. The number of hydrogen-bond acceptors (Lipinski definition) is 3. The number of rotatable bonds is 4. The van der Waals surface area contributed by atoms with E-state index in [1.807, 2.05) is 24.0 Å². The van der Waals surface area contributed by atoms with Gasteiger partial charge in [0.15, 0.2) is 0 Å². The molecule has 0 bridgehead atoms. The molecule has 0 fully saturated rings. The Hall–Kier alpha value is -1.39. The molecule has 1 unspecified atom stereocenters. The summed E-state index contributed by atoms with van der Waals surface area (Å²) in [5, 5.41) is 0. The Morgan fingerprint density at radius 2 is 2.32 bits per heavy atom. The number of benzene rings is 1. The lowest BCUT2D eigenvalue weighted by Gasteiger charge is -2.32. The smallest absolute Gasteiger partial charge is 0.243 e. The average Bonchev–Trinajstić information content (AvgIpc) is 2.43. The molecule has 0 saturated heterocycles. The minimum atomic E-state index is -0.481. The first-order valence-electron chi connectivity index (χ1n) is 6.79. The lowest BCUT2D eigenvalue weighted by molar-refractivity contribution is -0.120. The van der Waals surface area contributed by atoms with E-state index in [4.69, 9.17) is 10.5 Å². The predicted octanol–water partition coefficient (Wildman–Crippen LogP) is 1.64. The highest BCUT2D eigenvalue weighted by Crippen LogP contribution is 2.30. The number of carbonyl (C=O) groups excluding carboxylic acids is 1. The molecule has 0 spiro atoms. The first-order chi connectivity index (χ1) is 9.15. The van der Waals surface area contributed by atoms with Crippen molar-refractivity contribution in [3.05, 3.63) is 29.3 Å². The molecule has 1 atom stereocenters. The molecule has 2 rings (SSSR count). The Bertz CT molecular complexity index is 459. The van der Waals surface area contributed by atoms with E-state index < -0.39 is 6.04 Å². The van der Waals surface area contributed by atoms with Gasteiger partial charge in [0.2, 0.25) is 5.91 Å². The summed E-state index contributed by atoms with van der Waals surface area (Å²) in [5.41, 5.74) is 9.42. The fraction of sp³-hybridized carbons (Fsp3) is 0.533. The van der Waals surface area contributed by atoms with E-state index in [2.05, 4.69) is 6.07 Å². The first-order valence-corrected chi connectivity index (χ1v) is 6.79. The second-order valence-electron chi connectivity index (χ2n) is 5.06. The van der Waals surface area contributed by atoms with Gasteiger partial charge in [0.1, 0.15) is 0 Å². The van der Waals surface area contributed by atoms with E-state index in [-0.39, 0.29) is 5.91 Å². The summed E-state index contributed by atoms with van der Waals surface area (Å²) in [7, 11) is 1.62. The number of carbonyl (C=O) groups is 1. The van der Waals surface area contributed by atoms with Crippen LogP contribution in [0.5, 0.6) is 0 Å². The zero-order chi connectivity index (χ0) is 13.8. The maximum absolute atomic E-state index is 12.5. The molecule has 1 aromatic rings. The van der Waals surface area contributed by atoms with E-state index in [9.17, 15) is 4.79 Å². The number of nitrogens with two attached hydrogens (primary N) is 1. The molecule has 104 valence electrons. The van der Waals surface area contributed by atoms with E-state index in [0.29, 0.717) is 13.0 Å². The van der Waals surface area contributed by atoms with Crippen LogP contribution < -0.4 is 10.6 Å². The quantitative estimate of drug-likeness (QED) is 0.897. The van der Waals surface area contributed by atoms with E-state index in [0.717, 1.165) is 30.6 Å². The second-order valence-corrected chi connectivity index (χ2v) is 5.06. The van der Waals surface area contributed by atoms with Gasteiger partial charge in [0.05, 0.1) is 6.04 Å². The average molecular weight is 262 g/mol. The van der Waals surface area contributed by atoms with Crippen LogP contribution in [-0.4, -0.2) is 32.2 Å². The predicted molar refractivity (Wildman–Crippen MR) is 76.3 cm³/mol. The minimum absolute atomic E-state index is 0.00676. The molecule has 1 aliphatic heterocycles. The Balaban J connectivity index is 2.21. The van der Waals surface area contributed by atoms with Gasteiger partial charge in [0, 0.05) is 25.9 Å². The summed E-state index contributed by atoms with van der Waals surface area (Å²) in [4.78, 5) is 14.3. The van der Waals surface area contributed by atoms with Crippen molar-refractivity contribution in [2.75, 3.05) is 25.2 Å². The zero-order valence-electron chi connectivity index (χ0n) is 11.7. The molecular formula is C15H22N2O2. The Morgan fingerprint density at radius 1 is 1.53 bits per heavy atom. The van der Waals surface area contributed by atoms with Crippen molar-refractivity contribution in [2.45, 2.75) is 32.2 Å². The molecule has 1 aromatic carbocycles. The van der Waals surface area contributed by atoms with Gasteiger partial charge in [-0.15, -0.1) is 0 Å². The number of anilines is 1. The topological polar surface area (TPSA) is 55.6 Å². The molecule has 2 N–H and O–H groups in total. The van der Waals surface area contributed by atoms with Crippen molar-refractivity contribution >= 4 is 11.6 Å². The highest BCUT2D eigenvalue weighted by atomic mass is 16.5. The van der Waals surface area contributed by atoms with Gasteiger partial charge in [0.25, 0.3) is 0 Å². The van der Waals surface area contributed by atoms with Crippen molar-refractivity contribution in [1.29, 1.82) is 0 Å². The molecule has 0 radical (unpaired) electrons. The van der Waals surface area contributed by atoms with Gasteiger partial charge >= 0.3 is 0 Å². The standard InChI is InChI=1S/C15H22N2O2/c1-11-5-3-6-12-7-4-9-17(14(11)12)15(18)13(16)8-10-19-2/h3,5-6,13H,4,7-10,16H2,1-2H3. The molecular weight excluding hydrogens is 240 g/mol. The molecule has 1 aliphatic rings. The third kappa shape index (κ3) is 2.96. The van der Waals surface area contributed by atoms with Gasteiger partial charge < -0.3 is 15.4 Å².